The Morgan fingerprint density at radius 2 is 2.00 bits per heavy atom. The maximum atomic E-state index is 12.7. The van der Waals surface area contributed by atoms with Crippen molar-refractivity contribution in [3.8, 4) is 0 Å². The van der Waals surface area contributed by atoms with E-state index in [0.717, 1.165) is 55.1 Å². The number of pyridine rings is 2. The summed E-state index contributed by atoms with van der Waals surface area (Å²) in [5.41, 5.74) is 8.74. The van der Waals surface area contributed by atoms with Crippen LogP contribution in [0.5, 0.6) is 0 Å². The molecule has 8 nitrogen and oxygen atoms in total. The van der Waals surface area contributed by atoms with Crippen LogP contribution < -0.4 is 15.8 Å². The second kappa shape index (κ2) is 8.87. The van der Waals surface area contributed by atoms with E-state index in [1.165, 1.54) is 0 Å². The van der Waals surface area contributed by atoms with Crippen LogP contribution in [0.1, 0.15) is 35.1 Å². The molecular formula is C23H29N7O. The van der Waals surface area contributed by atoms with Crippen molar-refractivity contribution in [2.75, 3.05) is 45.2 Å². The first-order valence-electron chi connectivity index (χ1n) is 10.6. The Bertz CT molecular complexity index is 1160. The lowest BCUT2D eigenvalue weighted by molar-refractivity contribution is 0.0939. The van der Waals surface area contributed by atoms with E-state index in [1.54, 1.807) is 13.1 Å². The standard InChI is InChI=1S/C23H29N7O/c1-5-8-19-18(6-2)25-22-17(23(31)27-24-3)15-16-9-10-20(26-21(16)30(19)22)29-12-7-11-28(4)13-14-29/h5-6,8-10,15,24H,2,7,11-14H2,1,3-4H3,(H,27,31)/b8-5-. The van der Waals surface area contributed by atoms with Gasteiger partial charge in [-0.05, 0) is 57.3 Å². The number of carbonyl (C=O) groups is 1. The fourth-order valence-corrected chi connectivity index (χ4v) is 4.07. The van der Waals surface area contributed by atoms with Gasteiger partial charge in [0, 0.05) is 32.1 Å². The number of nitrogens with one attached hydrogen (secondary N) is 2. The molecule has 4 heterocycles. The lowest BCUT2D eigenvalue weighted by Crippen LogP contribution is -2.34. The van der Waals surface area contributed by atoms with Crippen LogP contribution in [0, 0.1) is 0 Å². The van der Waals surface area contributed by atoms with Gasteiger partial charge in [-0.2, -0.15) is 0 Å². The van der Waals surface area contributed by atoms with Crippen molar-refractivity contribution in [2.24, 2.45) is 0 Å². The smallest absolute Gasteiger partial charge is 0.269 e. The van der Waals surface area contributed by atoms with E-state index in [0.29, 0.717) is 16.9 Å². The third-order valence-corrected chi connectivity index (χ3v) is 5.63. The van der Waals surface area contributed by atoms with E-state index >= 15 is 0 Å². The van der Waals surface area contributed by atoms with Gasteiger partial charge < -0.3 is 9.80 Å². The molecule has 1 aliphatic rings. The highest BCUT2D eigenvalue weighted by Gasteiger charge is 2.21. The quantitative estimate of drug-likeness (QED) is 0.619. The van der Waals surface area contributed by atoms with Crippen molar-refractivity contribution in [1.82, 2.24) is 30.1 Å². The number of aromatic nitrogens is 3. The number of nitrogens with zero attached hydrogens (tertiary/aromatic N) is 5. The monoisotopic (exact) mass is 419 g/mol. The van der Waals surface area contributed by atoms with Crippen molar-refractivity contribution in [2.45, 2.75) is 13.3 Å². The number of hydrogen-bond donors (Lipinski definition) is 2. The summed E-state index contributed by atoms with van der Waals surface area (Å²) in [6.07, 6.45) is 6.75. The topological polar surface area (TPSA) is 77.8 Å². The molecule has 0 atom stereocenters. The molecule has 0 unspecified atom stereocenters. The van der Waals surface area contributed by atoms with Crippen LogP contribution >= 0.6 is 0 Å². The summed E-state index contributed by atoms with van der Waals surface area (Å²) < 4.78 is 1.96. The van der Waals surface area contributed by atoms with Gasteiger partial charge in [0.1, 0.15) is 11.5 Å². The number of hydrogen-bond acceptors (Lipinski definition) is 6. The van der Waals surface area contributed by atoms with E-state index in [4.69, 9.17) is 9.97 Å². The van der Waals surface area contributed by atoms with Gasteiger partial charge in [-0.3, -0.25) is 14.6 Å². The number of anilines is 1. The molecule has 0 spiro atoms. The third kappa shape index (κ3) is 3.92. The van der Waals surface area contributed by atoms with Crippen molar-refractivity contribution >= 4 is 40.6 Å². The van der Waals surface area contributed by atoms with Gasteiger partial charge in [-0.15, -0.1) is 0 Å². The fraction of sp³-hybridized carbons (Fsp3) is 0.348. The minimum atomic E-state index is -0.248. The van der Waals surface area contributed by atoms with E-state index < -0.39 is 0 Å². The Balaban J connectivity index is 1.96. The Hall–Kier alpha value is -3.23. The predicted molar refractivity (Wildman–Crippen MR) is 126 cm³/mol. The molecule has 1 fully saturated rings. The molecule has 0 aromatic carbocycles. The van der Waals surface area contributed by atoms with E-state index in [2.05, 4.69) is 34.3 Å². The summed E-state index contributed by atoms with van der Waals surface area (Å²) in [6.45, 7) is 9.87. The van der Waals surface area contributed by atoms with Crippen LogP contribution in [0.15, 0.2) is 30.9 Å². The van der Waals surface area contributed by atoms with Crippen LogP contribution in [0.3, 0.4) is 0 Å². The molecule has 3 aromatic rings. The number of imidazole rings is 1. The molecule has 4 rings (SSSR count). The van der Waals surface area contributed by atoms with Crippen LogP contribution in [0.2, 0.25) is 0 Å². The first-order valence-corrected chi connectivity index (χ1v) is 10.6. The summed E-state index contributed by atoms with van der Waals surface area (Å²) in [5.74, 6) is 0.693. The van der Waals surface area contributed by atoms with E-state index in [-0.39, 0.29) is 5.91 Å². The summed E-state index contributed by atoms with van der Waals surface area (Å²) in [4.78, 5) is 27.2. The summed E-state index contributed by atoms with van der Waals surface area (Å²) in [6, 6.07) is 5.93. The largest absolute Gasteiger partial charge is 0.355 e. The molecule has 2 N–H and O–H groups in total. The molecule has 0 saturated carbocycles. The number of allylic oxidation sites excluding steroid dienone is 1. The van der Waals surface area contributed by atoms with Gasteiger partial charge in [0.05, 0.1) is 17.0 Å². The highest BCUT2D eigenvalue weighted by atomic mass is 16.2. The normalized spacial score (nSPS) is 15.6. The van der Waals surface area contributed by atoms with Gasteiger partial charge in [-0.1, -0.05) is 12.7 Å². The van der Waals surface area contributed by atoms with Crippen molar-refractivity contribution in [3.63, 3.8) is 0 Å². The molecule has 8 heteroatoms. The zero-order valence-corrected chi connectivity index (χ0v) is 18.4. The predicted octanol–water partition coefficient (Wildman–Crippen LogP) is 2.56. The SMILES string of the molecule is C=Cc1nc2c(C(=O)NNC)cc3ccc(N4CCCN(C)CC4)nc3n2c1/C=C\C. The average Bonchev–Trinajstić information content (AvgIpc) is 2.99. The van der Waals surface area contributed by atoms with Gasteiger partial charge in [0.2, 0.25) is 0 Å². The molecule has 31 heavy (non-hydrogen) atoms. The average molecular weight is 420 g/mol. The molecule has 1 amide bonds. The van der Waals surface area contributed by atoms with Crippen LogP contribution in [0.25, 0.3) is 28.8 Å². The lowest BCUT2D eigenvalue weighted by atomic mass is 10.2. The maximum absolute atomic E-state index is 12.7. The zero-order chi connectivity index (χ0) is 22.0. The summed E-state index contributed by atoms with van der Waals surface area (Å²) >= 11 is 0. The number of carbonyl (C=O) groups excluding carboxylic acids is 1. The number of rotatable bonds is 5. The number of amides is 1. The molecule has 0 aliphatic carbocycles. The van der Waals surface area contributed by atoms with Crippen LogP contribution in [0.4, 0.5) is 5.82 Å². The van der Waals surface area contributed by atoms with Gasteiger partial charge in [-0.25, -0.2) is 15.4 Å². The Morgan fingerprint density at radius 3 is 2.74 bits per heavy atom. The Kier molecular flexibility index (Phi) is 6.01. The second-order valence-corrected chi connectivity index (χ2v) is 7.73. The second-order valence-electron chi connectivity index (χ2n) is 7.73. The van der Waals surface area contributed by atoms with Gasteiger partial charge >= 0.3 is 0 Å². The summed E-state index contributed by atoms with van der Waals surface area (Å²) in [5, 5.41) is 0.878. The molecular weight excluding hydrogens is 390 g/mol. The van der Waals surface area contributed by atoms with Gasteiger partial charge in [0.25, 0.3) is 5.91 Å². The summed E-state index contributed by atoms with van der Waals surface area (Å²) in [7, 11) is 3.82. The first kappa shape index (κ1) is 21.0. The van der Waals surface area contributed by atoms with Crippen molar-refractivity contribution in [1.29, 1.82) is 0 Å². The Labute approximate surface area is 182 Å². The van der Waals surface area contributed by atoms with Crippen LogP contribution in [-0.2, 0) is 0 Å². The molecule has 0 bridgehead atoms. The first-order chi connectivity index (χ1) is 15.1. The molecule has 0 radical (unpaired) electrons. The maximum Gasteiger partial charge on any atom is 0.269 e. The highest BCUT2D eigenvalue weighted by molar-refractivity contribution is 6.03. The number of likely N-dealkylation sites (N-methyl/N-ethyl adjacent to an activating group) is 1. The lowest BCUT2D eigenvalue weighted by Gasteiger charge is -2.22. The molecule has 1 aliphatic heterocycles. The van der Waals surface area contributed by atoms with Gasteiger partial charge in [0.15, 0.2) is 5.65 Å². The minimum absolute atomic E-state index is 0.248. The van der Waals surface area contributed by atoms with E-state index in [9.17, 15) is 4.79 Å². The number of hydrazine groups is 1. The van der Waals surface area contributed by atoms with E-state index in [1.807, 2.05) is 41.7 Å². The van der Waals surface area contributed by atoms with Crippen molar-refractivity contribution in [3.05, 3.63) is 47.8 Å². The van der Waals surface area contributed by atoms with Crippen LogP contribution in [-0.4, -0.2) is 65.5 Å². The zero-order valence-electron chi connectivity index (χ0n) is 18.4. The fourth-order valence-electron chi connectivity index (χ4n) is 4.07. The third-order valence-electron chi connectivity index (χ3n) is 5.63. The van der Waals surface area contributed by atoms with Crippen molar-refractivity contribution < 1.29 is 4.79 Å². The molecule has 162 valence electrons. The molecule has 1 saturated heterocycles. The highest BCUT2D eigenvalue weighted by Crippen LogP contribution is 2.27. The Morgan fingerprint density at radius 1 is 1.16 bits per heavy atom. The molecule has 3 aromatic heterocycles. The minimum Gasteiger partial charge on any atom is -0.355 e. The number of fused-ring (bicyclic) bond motifs is 3.